The summed E-state index contributed by atoms with van der Waals surface area (Å²) in [6.07, 6.45) is 3.40. The molecule has 5 aromatic rings. The van der Waals surface area contributed by atoms with Crippen molar-refractivity contribution < 1.29 is 4.79 Å². The molecule has 0 aliphatic heterocycles. The molecule has 3 heterocycles. The minimum atomic E-state index is -0.170. The predicted octanol–water partition coefficient (Wildman–Crippen LogP) is 3.86. The van der Waals surface area contributed by atoms with Gasteiger partial charge in [0, 0.05) is 17.8 Å². The Kier molecular flexibility index (Phi) is 6.14. The fourth-order valence-electron chi connectivity index (χ4n) is 3.48. The summed E-state index contributed by atoms with van der Waals surface area (Å²) in [6.45, 7) is 0.541. The SMILES string of the molecule is O=C(CSc1nc2ccccc2s1)NCc1nn(Cc2cccnc2)c(=O)c2ccccc12. The van der Waals surface area contributed by atoms with Crippen LogP contribution in [0, 0.1) is 0 Å². The molecule has 1 N–H and O–H groups in total. The Bertz CT molecular complexity index is 1460. The lowest BCUT2D eigenvalue weighted by Crippen LogP contribution is -2.29. The molecule has 0 saturated heterocycles. The molecule has 9 heteroatoms. The quantitative estimate of drug-likeness (QED) is 0.361. The number of thioether (sulfide) groups is 1. The average Bonchev–Trinajstić information content (AvgIpc) is 3.27. The normalized spacial score (nSPS) is 11.2. The van der Waals surface area contributed by atoms with E-state index in [2.05, 4.69) is 20.4 Å². The second-order valence-corrected chi connectivity index (χ2v) is 9.58. The molecule has 0 spiro atoms. The lowest BCUT2D eigenvalue weighted by molar-refractivity contribution is -0.118. The van der Waals surface area contributed by atoms with E-state index in [4.69, 9.17) is 0 Å². The van der Waals surface area contributed by atoms with Gasteiger partial charge in [0.2, 0.25) is 5.91 Å². The van der Waals surface area contributed by atoms with E-state index in [-0.39, 0.29) is 23.8 Å². The lowest BCUT2D eigenvalue weighted by Gasteiger charge is -2.12. The molecule has 0 aliphatic carbocycles. The van der Waals surface area contributed by atoms with Crippen LogP contribution in [0.3, 0.4) is 0 Å². The van der Waals surface area contributed by atoms with E-state index in [1.54, 1.807) is 29.8 Å². The maximum atomic E-state index is 12.9. The predicted molar refractivity (Wildman–Crippen MR) is 132 cm³/mol. The maximum Gasteiger partial charge on any atom is 0.274 e. The first-order valence-electron chi connectivity index (χ1n) is 10.3. The number of hydrogen-bond acceptors (Lipinski definition) is 7. The van der Waals surface area contributed by atoms with Gasteiger partial charge >= 0.3 is 0 Å². The molecule has 0 unspecified atom stereocenters. The van der Waals surface area contributed by atoms with E-state index in [9.17, 15) is 9.59 Å². The number of para-hydroxylation sites is 1. The summed E-state index contributed by atoms with van der Waals surface area (Å²) in [7, 11) is 0. The second kappa shape index (κ2) is 9.51. The zero-order valence-corrected chi connectivity index (χ0v) is 19.1. The Balaban J connectivity index is 1.31. The Labute approximate surface area is 197 Å². The van der Waals surface area contributed by atoms with E-state index >= 15 is 0 Å². The van der Waals surface area contributed by atoms with Crippen LogP contribution >= 0.6 is 23.1 Å². The minimum absolute atomic E-state index is 0.116. The van der Waals surface area contributed by atoms with Crippen molar-refractivity contribution in [3.05, 3.63) is 94.7 Å². The van der Waals surface area contributed by atoms with Crippen molar-refractivity contribution in [2.75, 3.05) is 5.75 Å². The van der Waals surface area contributed by atoms with Gasteiger partial charge < -0.3 is 5.32 Å². The largest absolute Gasteiger partial charge is 0.350 e. The van der Waals surface area contributed by atoms with E-state index in [1.807, 2.05) is 54.6 Å². The number of nitrogens with zero attached hydrogens (tertiary/aromatic N) is 4. The highest BCUT2D eigenvalue weighted by Crippen LogP contribution is 2.29. The van der Waals surface area contributed by atoms with Crippen LogP contribution in [0.4, 0.5) is 0 Å². The molecular formula is C24H19N5O2S2. The van der Waals surface area contributed by atoms with E-state index in [0.717, 1.165) is 25.5 Å². The smallest absolute Gasteiger partial charge is 0.274 e. The van der Waals surface area contributed by atoms with Gasteiger partial charge in [0.1, 0.15) is 0 Å². The third-order valence-corrected chi connectivity index (χ3v) is 7.23. The number of carbonyl (C=O) groups is 1. The molecule has 33 heavy (non-hydrogen) atoms. The first-order chi connectivity index (χ1) is 16.2. The average molecular weight is 474 g/mol. The molecule has 3 aromatic heterocycles. The summed E-state index contributed by atoms with van der Waals surface area (Å²) in [5, 5.41) is 8.81. The standard InChI is InChI=1S/C24H19N5O2S2/c30-22(15-32-24-27-19-9-3-4-10-21(19)33-24)26-13-20-17-7-1-2-8-18(17)23(31)29(28-20)14-16-6-5-11-25-12-16/h1-12H,13-15H2,(H,26,30). The van der Waals surface area contributed by atoms with Crippen LogP contribution in [-0.2, 0) is 17.9 Å². The van der Waals surface area contributed by atoms with Crippen molar-refractivity contribution in [2.24, 2.45) is 0 Å². The number of thiazole rings is 1. The van der Waals surface area contributed by atoms with E-state index < -0.39 is 0 Å². The van der Waals surface area contributed by atoms with Crippen LogP contribution in [0.15, 0.2) is 82.2 Å². The molecule has 1 amide bonds. The Morgan fingerprint density at radius 3 is 2.67 bits per heavy atom. The molecular weight excluding hydrogens is 454 g/mol. The summed E-state index contributed by atoms with van der Waals surface area (Å²) in [4.78, 5) is 34.1. The zero-order valence-electron chi connectivity index (χ0n) is 17.5. The first kappa shape index (κ1) is 21.3. The number of amides is 1. The molecule has 0 bridgehead atoms. The van der Waals surface area contributed by atoms with E-state index in [0.29, 0.717) is 17.6 Å². The van der Waals surface area contributed by atoms with Crippen LogP contribution in [0.2, 0.25) is 0 Å². The van der Waals surface area contributed by atoms with E-state index in [1.165, 1.54) is 16.4 Å². The van der Waals surface area contributed by atoms with Crippen LogP contribution in [0.25, 0.3) is 21.0 Å². The number of nitrogens with one attached hydrogen (secondary N) is 1. The van der Waals surface area contributed by atoms with Crippen LogP contribution in [-0.4, -0.2) is 31.4 Å². The fraction of sp³-hybridized carbons (Fsp3) is 0.125. The second-order valence-electron chi connectivity index (χ2n) is 7.33. The summed E-state index contributed by atoms with van der Waals surface area (Å²) < 4.78 is 3.39. The third kappa shape index (κ3) is 4.79. The number of aromatic nitrogens is 4. The summed E-state index contributed by atoms with van der Waals surface area (Å²) in [5.74, 6) is 0.141. The molecule has 0 aliphatic rings. The number of carbonyl (C=O) groups excluding carboxylic acids is 1. The van der Waals surface area contributed by atoms with Gasteiger partial charge in [0.15, 0.2) is 4.34 Å². The van der Waals surface area contributed by atoms with Gasteiger partial charge in [0.05, 0.1) is 40.1 Å². The van der Waals surface area contributed by atoms with Crippen molar-refractivity contribution in [3.63, 3.8) is 0 Å². The summed E-state index contributed by atoms with van der Waals surface area (Å²) in [5.41, 5.74) is 2.30. The zero-order chi connectivity index (χ0) is 22.6. The number of hydrogen-bond donors (Lipinski definition) is 1. The highest BCUT2D eigenvalue weighted by molar-refractivity contribution is 8.01. The number of benzene rings is 2. The van der Waals surface area contributed by atoms with Crippen molar-refractivity contribution in [2.45, 2.75) is 17.4 Å². The lowest BCUT2D eigenvalue weighted by atomic mass is 10.1. The third-order valence-electron chi connectivity index (χ3n) is 5.05. The first-order valence-corrected chi connectivity index (χ1v) is 12.1. The summed E-state index contributed by atoms with van der Waals surface area (Å²) >= 11 is 2.99. The highest BCUT2D eigenvalue weighted by atomic mass is 32.2. The summed E-state index contributed by atoms with van der Waals surface area (Å²) in [6, 6.07) is 19.0. The molecule has 0 saturated carbocycles. The molecule has 164 valence electrons. The number of fused-ring (bicyclic) bond motifs is 2. The van der Waals surface area contributed by atoms with Gasteiger partial charge in [-0.1, -0.05) is 48.2 Å². The minimum Gasteiger partial charge on any atom is -0.350 e. The molecule has 2 aromatic carbocycles. The van der Waals surface area contributed by atoms with Crippen molar-refractivity contribution in [1.82, 2.24) is 25.1 Å². The number of rotatable bonds is 7. The van der Waals surface area contributed by atoms with Gasteiger partial charge in [-0.25, -0.2) is 9.67 Å². The number of pyridine rings is 1. The monoisotopic (exact) mass is 473 g/mol. The Hall–Kier alpha value is -3.56. The highest BCUT2D eigenvalue weighted by Gasteiger charge is 2.13. The fourth-order valence-corrected chi connectivity index (χ4v) is 5.38. The Morgan fingerprint density at radius 1 is 1.03 bits per heavy atom. The van der Waals surface area contributed by atoms with Gasteiger partial charge in [-0.2, -0.15) is 5.10 Å². The van der Waals surface area contributed by atoms with Gasteiger partial charge in [-0.05, 0) is 29.8 Å². The van der Waals surface area contributed by atoms with Crippen LogP contribution in [0.5, 0.6) is 0 Å². The Morgan fingerprint density at radius 2 is 1.85 bits per heavy atom. The van der Waals surface area contributed by atoms with Gasteiger partial charge in [0.25, 0.3) is 5.56 Å². The molecule has 7 nitrogen and oxygen atoms in total. The van der Waals surface area contributed by atoms with Gasteiger partial charge in [-0.15, -0.1) is 11.3 Å². The van der Waals surface area contributed by atoms with Crippen molar-refractivity contribution in [1.29, 1.82) is 0 Å². The molecule has 0 fully saturated rings. The van der Waals surface area contributed by atoms with Crippen LogP contribution in [0.1, 0.15) is 11.3 Å². The molecule has 5 rings (SSSR count). The molecule has 0 radical (unpaired) electrons. The van der Waals surface area contributed by atoms with Crippen molar-refractivity contribution >= 4 is 50.0 Å². The topological polar surface area (TPSA) is 89.8 Å². The maximum absolute atomic E-state index is 12.9. The van der Waals surface area contributed by atoms with Crippen molar-refractivity contribution in [3.8, 4) is 0 Å². The van der Waals surface area contributed by atoms with Gasteiger partial charge in [-0.3, -0.25) is 14.6 Å². The molecule has 0 atom stereocenters. The van der Waals surface area contributed by atoms with Crippen LogP contribution < -0.4 is 10.9 Å².